The molecule has 0 atom stereocenters. The summed E-state index contributed by atoms with van der Waals surface area (Å²) in [4.78, 5) is 29.6. The molecule has 0 unspecified atom stereocenters. The zero-order valence-electron chi connectivity index (χ0n) is 5.27. The van der Waals surface area contributed by atoms with Crippen molar-refractivity contribution >= 4 is 6.03 Å². The maximum Gasteiger partial charge on any atom is 0.363 e. The highest BCUT2D eigenvalue weighted by Crippen LogP contribution is 1.87. The predicted molar refractivity (Wildman–Crippen MR) is 32.5 cm³/mol. The molecule has 0 spiro atoms. The molecule has 0 rings (SSSR count). The maximum absolute atomic E-state index is 10.4. The fraction of sp³-hybridized carbons (Fsp3) is 0.667. The van der Waals surface area contributed by atoms with Crippen molar-refractivity contribution in [3.8, 4) is 0 Å². The molecule has 0 aliphatic rings. The number of carbonyl (C=O) groups is 1. The van der Waals surface area contributed by atoms with Gasteiger partial charge in [0.05, 0.1) is 10.6 Å². The van der Waals surface area contributed by atoms with E-state index in [0.29, 0.717) is 5.01 Å². The lowest BCUT2D eigenvalue weighted by Crippen LogP contribution is -2.32. The maximum atomic E-state index is 10.4. The number of hydrogen-bond acceptors (Lipinski definition) is 5. The van der Waals surface area contributed by atoms with Gasteiger partial charge in [-0.15, -0.1) is 9.81 Å². The summed E-state index contributed by atoms with van der Waals surface area (Å²) in [7, 11) is 0. The van der Waals surface area contributed by atoms with Crippen LogP contribution in [0, 0.1) is 9.81 Å². The van der Waals surface area contributed by atoms with Gasteiger partial charge < -0.3 is 0 Å². The molecular formula is C3H6N4O3. The van der Waals surface area contributed by atoms with Gasteiger partial charge in [-0.25, -0.2) is 4.79 Å². The average Bonchev–Trinajstić information content (AvgIpc) is 1.91. The minimum absolute atomic E-state index is 0.102. The van der Waals surface area contributed by atoms with Gasteiger partial charge in [0, 0.05) is 6.54 Å². The van der Waals surface area contributed by atoms with Gasteiger partial charge >= 0.3 is 6.03 Å². The van der Waals surface area contributed by atoms with Gasteiger partial charge in [0.1, 0.15) is 0 Å². The van der Waals surface area contributed by atoms with Gasteiger partial charge in [-0.2, -0.15) is 10.4 Å². The van der Waals surface area contributed by atoms with Crippen molar-refractivity contribution in [1.29, 1.82) is 0 Å². The summed E-state index contributed by atoms with van der Waals surface area (Å²) in [5.41, 5.74) is 1.51. The first kappa shape index (κ1) is 8.47. The monoisotopic (exact) mass is 146 g/mol. The minimum atomic E-state index is -0.924. The SMILES string of the molecule is CCN(N=O)C(=O)NN=O. The quantitative estimate of drug-likeness (QED) is 0.460. The van der Waals surface area contributed by atoms with E-state index >= 15 is 0 Å². The van der Waals surface area contributed by atoms with Crippen LogP contribution >= 0.6 is 0 Å². The molecule has 7 heteroatoms. The molecule has 0 aromatic heterocycles. The molecule has 2 amide bonds. The van der Waals surface area contributed by atoms with Crippen LogP contribution in [-0.4, -0.2) is 17.6 Å². The van der Waals surface area contributed by atoms with E-state index in [4.69, 9.17) is 0 Å². The second-order valence-electron chi connectivity index (χ2n) is 1.31. The summed E-state index contributed by atoms with van der Waals surface area (Å²) < 4.78 is 0. The third-order valence-corrected chi connectivity index (χ3v) is 0.774. The van der Waals surface area contributed by atoms with E-state index in [1.54, 1.807) is 0 Å². The number of nitrogens with zero attached hydrogens (tertiary/aromatic N) is 3. The van der Waals surface area contributed by atoms with E-state index in [-0.39, 0.29) is 6.54 Å². The van der Waals surface area contributed by atoms with Crippen LogP contribution in [0.5, 0.6) is 0 Å². The van der Waals surface area contributed by atoms with Gasteiger partial charge in [0.15, 0.2) is 0 Å². The number of nitroso groups, excluding NO2 is 2. The Hall–Kier alpha value is -1.53. The standard InChI is InChI=1S/C3H6N4O3/c1-2-7(6-10)3(8)4-5-9/h2H2,1H3,(H,4,8,9). The Kier molecular flexibility index (Phi) is 3.69. The van der Waals surface area contributed by atoms with Crippen LogP contribution in [0.25, 0.3) is 0 Å². The molecule has 0 aromatic rings. The minimum Gasteiger partial charge on any atom is -0.244 e. The molecule has 0 saturated carbocycles. The van der Waals surface area contributed by atoms with Crippen LogP contribution in [-0.2, 0) is 0 Å². The summed E-state index contributed by atoms with van der Waals surface area (Å²) in [6.45, 7) is 1.64. The summed E-state index contributed by atoms with van der Waals surface area (Å²) >= 11 is 0. The molecule has 7 nitrogen and oxygen atoms in total. The van der Waals surface area contributed by atoms with Crippen LogP contribution in [0.3, 0.4) is 0 Å². The number of rotatable bonds is 3. The van der Waals surface area contributed by atoms with E-state index in [0.717, 1.165) is 0 Å². The number of carbonyl (C=O) groups excluding carboxylic acids is 1. The molecule has 1 N–H and O–H groups in total. The lowest BCUT2D eigenvalue weighted by molar-refractivity contribution is 0.202. The van der Waals surface area contributed by atoms with E-state index in [2.05, 4.69) is 10.6 Å². The molecule has 0 radical (unpaired) electrons. The Morgan fingerprint density at radius 2 is 2.20 bits per heavy atom. The van der Waals surface area contributed by atoms with E-state index in [9.17, 15) is 14.6 Å². The second-order valence-corrected chi connectivity index (χ2v) is 1.31. The fourth-order valence-corrected chi connectivity index (χ4v) is 0.335. The first-order valence-electron chi connectivity index (χ1n) is 2.49. The van der Waals surface area contributed by atoms with Gasteiger partial charge in [-0.3, -0.25) is 0 Å². The van der Waals surface area contributed by atoms with Gasteiger partial charge in [-0.1, -0.05) is 0 Å². The Balaban J connectivity index is 3.87. The van der Waals surface area contributed by atoms with Crippen LogP contribution in [0.4, 0.5) is 4.79 Å². The second kappa shape index (κ2) is 4.36. The Labute approximate surface area is 56.3 Å². The first-order valence-corrected chi connectivity index (χ1v) is 2.49. The molecule has 0 aromatic carbocycles. The summed E-state index contributed by atoms with van der Waals surface area (Å²) in [6, 6.07) is -0.924. The number of hydrogen-bond donors (Lipinski definition) is 1. The van der Waals surface area contributed by atoms with Crippen molar-refractivity contribution in [2.24, 2.45) is 10.6 Å². The van der Waals surface area contributed by atoms with Crippen molar-refractivity contribution in [2.75, 3.05) is 6.54 Å². The van der Waals surface area contributed by atoms with Crippen LogP contribution in [0.1, 0.15) is 6.92 Å². The van der Waals surface area contributed by atoms with E-state index < -0.39 is 6.03 Å². The zero-order valence-corrected chi connectivity index (χ0v) is 5.27. The Bertz CT molecular complexity index is 147. The van der Waals surface area contributed by atoms with E-state index in [1.165, 1.54) is 12.3 Å². The zero-order chi connectivity index (χ0) is 7.98. The van der Waals surface area contributed by atoms with Gasteiger partial charge in [-0.05, 0) is 6.92 Å². The molecule has 0 heterocycles. The summed E-state index contributed by atoms with van der Waals surface area (Å²) in [6.07, 6.45) is 0. The predicted octanol–water partition coefficient (Wildman–Crippen LogP) is 0.381. The van der Waals surface area contributed by atoms with Crippen LogP contribution in [0.15, 0.2) is 10.6 Å². The Morgan fingerprint density at radius 1 is 1.60 bits per heavy atom. The highest BCUT2D eigenvalue weighted by Gasteiger charge is 2.09. The van der Waals surface area contributed by atoms with Crippen molar-refractivity contribution in [2.45, 2.75) is 6.92 Å². The molecule has 0 aliphatic carbocycles. The normalized spacial score (nSPS) is 8.10. The van der Waals surface area contributed by atoms with Crippen molar-refractivity contribution in [3.05, 3.63) is 9.81 Å². The topological polar surface area (TPSA) is 91.2 Å². The molecule has 10 heavy (non-hydrogen) atoms. The molecule has 0 bridgehead atoms. The lowest BCUT2D eigenvalue weighted by Gasteiger charge is -2.06. The first-order chi connectivity index (χ1) is 4.76. The third kappa shape index (κ3) is 2.16. The highest BCUT2D eigenvalue weighted by atomic mass is 16.3. The molecule has 0 saturated heterocycles. The molecular weight excluding hydrogens is 140 g/mol. The summed E-state index contributed by atoms with van der Waals surface area (Å²) in [5.74, 6) is 0. The van der Waals surface area contributed by atoms with Gasteiger partial charge in [0.2, 0.25) is 0 Å². The Morgan fingerprint density at radius 3 is 2.50 bits per heavy atom. The lowest BCUT2D eigenvalue weighted by atomic mass is 10.7. The van der Waals surface area contributed by atoms with E-state index in [1.807, 2.05) is 0 Å². The number of amides is 2. The highest BCUT2D eigenvalue weighted by molar-refractivity contribution is 5.73. The van der Waals surface area contributed by atoms with Crippen molar-refractivity contribution < 1.29 is 4.79 Å². The smallest absolute Gasteiger partial charge is 0.244 e. The van der Waals surface area contributed by atoms with Gasteiger partial charge in [0.25, 0.3) is 0 Å². The third-order valence-electron chi connectivity index (χ3n) is 0.774. The van der Waals surface area contributed by atoms with Crippen molar-refractivity contribution in [1.82, 2.24) is 10.4 Å². The molecule has 56 valence electrons. The van der Waals surface area contributed by atoms with Crippen molar-refractivity contribution in [3.63, 3.8) is 0 Å². The molecule has 0 aliphatic heterocycles. The number of nitrogens with one attached hydrogen (secondary N) is 1. The largest absolute Gasteiger partial charge is 0.363 e. The average molecular weight is 146 g/mol. The van der Waals surface area contributed by atoms with Crippen LogP contribution < -0.4 is 5.43 Å². The fourth-order valence-electron chi connectivity index (χ4n) is 0.335. The van der Waals surface area contributed by atoms with Crippen LogP contribution in [0.2, 0.25) is 0 Å². The molecule has 0 fully saturated rings. The number of urea groups is 1. The summed E-state index contributed by atoms with van der Waals surface area (Å²) in [5, 5.41) is 4.89.